The van der Waals surface area contributed by atoms with Crippen LogP contribution in [-0.2, 0) is 0 Å². The highest BCUT2D eigenvalue weighted by molar-refractivity contribution is 5.04. The molecule has 0 aromatic rings. The number of rotatable bonds is 5. The van der Waals surface area contributed by atoms with Crippen molar-refractivity contribution in [1.82, 2.24) is 10.2 Å². The van der Waals surface area contributed by atoms with Gasteiger partial charge in [-0.15, -0.1) is 0 Å². The monoisotopic (exact) mass is 224 g/mol. The lowest BCUT2D eigenvalue weighted by atomic mass is 10.1. The highest BCUT2D eigenvalue weighted by Crippen LogP contribution is 2.09. The van der Waals surface area contributed by atoms with E-state index in [1.807, 2.05) is 0 Å². The fourth-order valence-corrected chi connectivity index (χ4v) is 2.10. The Balaban J connectivity index is 2.01. The van der Waals surface area contributed by atoms with Crippen molar-refractivity contribution in [3.8, 4) is 0 Å². The van der Waals surface area contributed by atoms with E-state index < -0.39 is 0 Å². The van der Waals surface area contributed by atoms with Crippen molar-refractivity contribution in [2.24, 2.45) is 0 Å². The minimum absolute atomic E-state index is 0.268. The summed E-state index contributed by atoms with van der Waals surface area (Å²) in [7, 11) is 0. The molecule has 0 aromatic carbocycles. The summed E-state index contributed by atoms with van der Waals surface area (Å²) in [4.78, 5) is 2.58. The molecule has 2 heteroatoms. The molecule has 94 valence electrons. The van der Waals surface area contributed by atoms with Gasteiger partial charge in [-0.05, 0) is 60.0 Å². The first-order chi connectivity index (χ1) is 7.47. The molecule has 2 nitrogen and oxygen atoms in total. The molecule has 0 saturated heterocycles. The van der Waals surface area contributed by atoms with Gasteiger partial charge in [0.25, 0.3) is 0 Å². The van der Waals surface area contributed by atoms with Crippen LogP contribution in [0.5, 0.6) is 0 Å². The Bertz CT molecular complexity index is 225. The third-order valence-electron chi connectivity index (χ3n) is 2.97. The first kappa shape index (κ1) is 13.7. The van der Waals surface area contributed by atoms with Gasteiger partial charge in [-0.3, -0.25) is 4.90 Å². The Morgan fingerprint density at radius 3 is 2.69 bits per heavy atom. The van der Waals surface area contributed by atoms with E-state index >= 15 is 0 Å². The Hall–Kier alpha value is -0.340. The summed E-state index contributed by atoms with van der Waals surface area (Å²) in [5, 5.41) is 3.54. The van der Waals surface area contributed by atoms with Gasteiger partial charge in [-0.25, -0.2) is 0 Å². The summed E-state index contributed by atoms with van der Waals surface area (Å²) < 4.78 is 0. The molecule has 1 N–H and O–H groups in total. The van der Waals surface area contributed by atoms with Gasteiger partial charge < -0.3 is 5.32 Å². The highest BCUT2D eigenvalue weighted by atomic mass is 15.1. The second-order valence-electron chi connectivity index (χ2n) is 6.00. The van der Waals surface area contributed by atoms with Gasteiger partial charge in [0.2, 0.25) is 0 Å². The fourth-order valence-electron chi connectivity index (χ4n) is 2.10. The van der Waals surface area contributed by atoms with Crippen LogP contribution < -0.4 is 5.32 Å². The first-order valence-corrected chi connectivity index (χ1v) is 6.60. The molecule has 0 bridgehead atoms. The summed E-state index contributed by atoms with van der Waals surface area (Å²) >= 11 is 0. The Labute approximate surface area is 101 Å². The summed E-state index contributed by atoms with van der Waals surface area (Å²) in [6, 6.07) is 0. The lowest BCUT2D eigenvalue weighted by Crippen LogP contribution is -2.37. The van der Waals surface area contributed by atoms with Crippen LogP contribution in [0.4, 0.5) is 0 Å². The van der Waals surface area contributed by atoms with E-state index in [-0.39, 0.29) is 5.54 Å². The van der Waals surface area contributed by atoms with Gasteiger partial charge in [0, 0.05) is 18.6 Å². The molecular formula is C14H28N2. The lowest BCUT2D eigenvalue weighted by molar-refractivity contribution is 0.281. The zero-order chi connectivity index (χ0) is 12.0. The van der Waals surface area contributed by atoms with Gasteiger partial charge in [0.1, 0.15) is 0 Å². The zero-order valence-corrected chi connectivity index (χ0v) is 11.5. The molecule has 0 unspecified atom stereocenters. The summed E-state index contributed by atoms with van der Waals surface area (Å²) in [6.07, 6.45) is 6.22. The Morgan fingerprint density at radius 2 is 2.06 bits per heavy atom. The summed E-state index contributed by atoms with van der Waals surface area (Å²) in [6.45, 7) is 13.8. The highest BCUT2D eigenvalue weighted by Gasteiger charge is 2.10. The maximum Gasteiger partial charge on any atom is 0.0190 e. The van der Waals surface area contributed by atoms with E-state index in [2.05, 4.69) is 44.0 Å². The number of unbranched alkanes of at least 4 members (excludes halogenated alkanes) is 1. The smallest absolute Gasteiger partial charge is 0.0190 e. The van der Waals surface area contributed by atoms with Crippen LogP contribution >= 0.6 is 0 Å². The molecule has 0 amide bonds. The van der Waals surface area contributed by atoms with Gasteiger partial charge in [-0.2, -0.15) is 0 Å². The molecule has 0 radical (unpaired) electrons. The normalized spacial score (nSPS) is 18.6. The third kappa shape index (κ3) is 6.29. The summed E-state index contributed by atoms with van der Waals surface area (Å²) in [5.74, 6) is 0. The van der Waals surface area contributed by atoms with E-state index in [9.17, 15) is 0 Å². The minimum Gasteiger partial charge on any atom is -0.312 e. The largest absolute Gasteiger partial charge is 0.312 e. The van der Waals surface area contributed by atoms with Crippen LogP contribution in [0.2, 0.25) is 0 Å². The zero-order valence-electron chi connectivity index (χ0n) is 11.5. The maximum atomic E-state index is 3.54. The van der Waals surface area contributed by atoms with Gasteiger partial charge in [-0.1, -0.05) is 11.6 Å². The van der Waals surface area contributed by atoms with E-state index in [1.54, 1.807) is 5.57 Å². The standard InChI is InChI=1S/C14H28N2/c1-13-8-7-11-16(12-13)10-6-5-9-15-14(2,3)4/h8,15H,5-7,9-12H2,1-4H3. The van der Waals surface area contributed by atoms with Crippen LogP contribution in [0.25, 0.3) is 0 Å². The van der Waals surface area contributed by atoms with E-state index in [4.69, 9.17) is 0 Å². The predicted octanol–water partition coefficient (Wildman–Crippen LogP) is 2.81. The van der Waals surface area contributed by atoms with E-state index in [0.29, 0.717) is 0 Å². The molecule has 0 aliphatic carbocycles. The number of hydrogen-bond acceptors (Lipinski definition) is 2. The molecule has 0 fully saturated rings. The molecule has 16 heavy (non-hydrogen) atoms. The van der Waals surface area contributed by atoms with E-state index in [0.717, 1.165) is 6.54 Å². The quantitative estimate of drug-likeness (QED) is 0.570. The predicted molar refractivity (Wildman–Crippen MR) is 71.8 cm³/mol. The van der Waals surface area contributed by atoms with Gasteiger partial charge >= 0.3 is 0 Å². The molecule has 1 heterocycles. The van der Waals surface area contributed by atoms with Crippen LogP contribution in [0.15, 0.2) is 11.6 Å². The van der Waals surface area contributed by atoms with Crippen molar-refractivity contribution in [3.63, 3.8) is 0 Å². The third-order valence-corrected chi connectivity index (χ3v) is 2.97. The van der Waals surface area contributed by atoms with E-state index in [1.165, 1.54) is 38.9 Å². The minimum atomic E-state index is 0.268. The maximum absolute atomic E-state index is 3.54. The van der Waals surface area contributed by atoms with Crippen molar-refractivity contribution in [3.05, 3.63) is 11.6 Å². The molecule has 1 aliphatic heterocycles. The average Bonchev–Trinajstić information content (AvgIpc) is 2.15. The lowest BCUT2D eigenvalue weighted by Gasteiger charge is -2.26. The average molecular weight is 224 g/mol. The van der Waals surface area contributed by atoms with Crippen LogP contribution in [0.1, 0.15) is 47.0 Å². The molecular weight excluding hydrogens is 196 g/mol. The van der Waals surface area contributed by atoms with Crippen molar-refractivity contribution in [2.45, 2.75) is 52.5 Å². The first-order valence-electron chi connectivity index (χ1n) is 6.60. The Kier molecular flexibility index (Phi) is 5.50. The van der Waals surface area contributed by atoms with Crippen molar-refractivity contribution < 1.29 is 0 Å². The number of nitrogens with one attached hydrogen (secondary N) is 1. The fraction of sp³-hybridized carbons (Fsp3) is 0.857. The van der Waals surface area contributed by atoms with Crippen LogP contribution in [0.3, 0.4) is 0 Å². The van der Waals surface area contributed by atoms with Crippen molar-refractivity contribution in [2.75, 3.05) is 26.2 Å². The Morgan fingerprint density at radius 1 is 1.31 bits per heavy atom. The molecule has 0 spiro atoms. The van der Waals surface area contributed by atoms with Gasteiger partial charge in [0.15, 0.2) is 0 Å². The molecule has 0 aromatic heterocycles. The molecule has 0 atom stereocenters. The molecule has 0 saturated carbocycles. The van der Waals surface area contributed by atoms with Crippen LogP contribution in [-0.4, -0.2) is 36.6 Å². The topological polar surface area (TPSA) is 15.3 Å². The SMILES string of the molecule is CC1=CCCN(CCCCNC(C)(C)C)C1. The number of nitrogens with zero attached hydrogens (tertiary/aromatic N) is 1. The number of hydrogen-bond donors (Lipinski definition) is 1. The van der Waals surface area contributed by atoms with Crippen molar-refractivity contribution in [1.29, 1.82) is 0 Å². The summed E-state index contributed by atoms with van der Waals surface area (Å²) in [5.41, 5.74) is 1.81. The van der Waals surface area contributed by atoms with Crippen molar-refractivity contribution >= 4 is 0 Å². The second kappa shape index (κ2) is 6.41. The van der Waals surface area contributed by atoms with Gasteiger partial charge in [0.05, 0.1) is 0 Å². The molecule has 1 aliphatic rings. The second-order valence-corrected chi connectivity index (χ2v) is 6.00. The molecule has 1 rings (SSSR count). The van der Waals surface area contributed by atoms with Crippen LogP contribution in [0, 0.1) is 0 Å².